The van der Waals surface area contributed by atoms with Crippen molar-refractivity contribution in [1.82, 2.24) is 0 Å². The van der Waals surface area contributed by atoms with Gasteiger partial charge in [-0.15, -0.1) is 0 Å². The van der Waals surface area contributed by atoms with E-state index in [0.29, 0.717) is 0 Å². The quantitative estimate of drug-likeness (QED) is 0.693. The van der Waals surface area contributed by atoms with Gasteiger partial charge in [0.25, 0.3) is 0 Å². The van der Waals surface area contributed by atoms with E-state index >= 15 is 0 Å². The van der Waals surface area contributed by atoms with Crippen LogP contribution in [0.15, 0.2) is 18.2 Å². The fourth-order valence-corrected chi connectivity index (χ4v) is 2.16. The minimum Gasteiger partial charge on any atom is -0.323 e. The topological polar surface area (TPSA) is 29.1 Å². The van der Waals surface area contributed by atoms with Gasteiger partial charge in [0.2, 0.25) is 5.91 Å². The number of rotatable bonds is 7. The molecule has 1 rings (SSSR count). The van der Waals surface area contributed by atoms with Crippen molar-refractivity contribution < 1.29 is 13.6 Å². The molecule has 0 fully saturated rings. The van der Waals surface area contributed by atoms with Crippen molar-refractivity contribution in [3.8, 4) is 0 Å². The van der Waals surface area contributed by atoms with Gasteiger partial charge in [0, 0.05) is 11.5 Å². The molecular weight excluding hydrogens is 272 g/mol. The van der Waals surface area contributed by atoms with Gasteiger partial charge in [-0.25, -0.2) is 8.78 Å². The van der Waals surface area contributed by atoms with E-state index in [-0.39, 0.29) is 17.5 Å². The second-order valence-electron chi connectivity index (χ2n) is 6.20. The molecule has 0 spiro atoms. The van der Waals surface area contributed by atoms with Crippen LogP contribution in [0.2, 0.25) is 0 Å². The van der Waals surface area contributed by atoms with Gasteiger partial charge in [-0.3, -0.25) is 4.79 Å². The number of hydrogen-bond donors (Lipinski definition) is 1. The van der Waals surface area contributed by atoms with E-state index in [2.05, 4.69) is 12.2 Å². The molecule has 0 bridgehead atoms. The third-order valence-corrected chi connectivity index (χ3v) is 4.24. The summed E-state index contributed by atoms with van der Waals surface area (Å²) >= 11 is 0. The second-order valence-corrected chi connectivity index (χ2v) is 6.20. The third kappa shape index (κ3) is 4.80. The van der Waals surface area contributed by atoms with Crippen molar-refractivity contribution in [3.05, 3.63) is 29.8 Å². The maximum absolute atomic E-state index is 13.6. The summed E-state index contributed by atoms with van der Waals surface area (Å²) < 4.78 is 26.5. The van der Waals surface area contributed by atoms with Gasteiger partial charge in [0.1, 0.15) is 11.6 Å². The zero-order chi connectivity index (χ0) is 16.0. The van der Waals surface area contributed by atoms with Crippen molar-refractivity contribution in [1.29, 1.82) is 0 Å². The van der Waals surface area contributed by atoms with Gasteiger partial charge >= 0.3 is 0 Å². The van der Waals surface area contributed by atoms with Crippen LogP contribution < -0.4 is 5.32 Å². The average molecular weight is 297 g/mol. The van der Waals surface area contributed by atoms with Gasteiger partial charge in [-0.2, -0.15) is 0 Å². The fraction of sp³-hybridized carbons (Fsp3) is 0.588. The SMILES string of the molecule is CCCCCC(C)C(C)(C)C(=O)Nc1ccc(F)cc1F. The highest BCUT2D eigenvalue weighted by Crippen LogP contribution is 2.32. The number of nitrogens with one attached hydrogen (secondary N) is 1. The molecule has 0 heterocycles. The molecule has 4 heteroatoms. The lowest BCUT2D eigenvalue weighted by atomic mass is 9.76. The van der Waals surface area contributed by atoms with E-state index in [1.165, 1.54) is 6.07 Å². The minimum absolute atomic E-state index is 0.0234. The number of carbonyl (C=O) groups excluding carboxylic acids is 1. The summed E-state index contributed by atoms with van der Waals surface area (Å²) in [6.07, 6.45) is 4.33. The van der Waals surface area contributed by atoms with Crippen molar-refractivity contribution >= 4 is 11.6 Å². The van der Waals surface area contributed by atoms with Crippen molar-refractivity contribution in [3.63, 3.8) is 0 Å². The highest BCUT2D eigenvalue weighted by Gasteiger charge is 2.33. The number of anilines is 1. The Morgan fingerprint density at radius 1 is 1.29 bits per heavy atom. The second kappa shape index (κ2) is 7.53. The Bertz CT molecular complexity index is 486. The number of hydrogen-bond acceptors (Lipinski definition) is 1. The van der Waals surface area contributed by atoms with Crippen LogP contribution >= 0.6 is 0 Å². The molecule has 1 unspecified atom stereocenters. The van der Waals surface area contributed by atoms with Crippen LogP contribution in [0, 0.1) is 23.0 Å². The number of unbranched alkanes of at least 4 members (excludes halogenated alkanes) is 2. The van der Waals surface area contributed by atoms with Crippen LogP contribution in [0.4, 0.5) is 14.5 Å². The Morgan fingerprint density at radius 2 is 1.95 bits per heavy atom. The third-order valence-electron chi connectivity index (χ3n) is 4.24. The number of halogens is 2. The largest absolute Gasteiger partial charge is 0.323 e. The smallest absolute Gasteiger partial charge is 0.230 e. The van der Waals surface area contributed by atoms with Gasteiger partial charge in [0.15, 0.2) is 0 Å². The molecule has 0 saturated heterocycles. The van der Waals surface area contributed by atoms with Crippen molar-refractivity contribution in [2.24, 2.45) is 11.3 Å². The van der Waals surface area contributed by atoms with Crippen molar-refractivity contribution in [2.45, 2.75) is 53.4 Å². The van der Waals surface area contributed by atoms with Gasteiger partial charge in [0.05, 0.1) is 5.69 Å². The molecule has 21 heavy (non-hydrogen) atoms. The summed E-state index contributed by atoms with van der Waals surface area (Å²) in [4.78, 5) is 12.4. The number of benzene rings is 1. The van der Waals surface area contributed by atoms with Gasteiger partial charge < -0.3 is 5.32 Å². The van der Waals surface area contributed by atoms with Crippen molar-refractivity contribution in [2.75, 3.05) is 5.32 Å². The minimum atomic E-state index is -0.752. The molecule has 0 aromatic heterocycles. The standard InChI is InChI=1S/C17H25F2NO/c1-5-6-7-8-12(2)17(3,4)16(21)20-15-10-9-13(18)11-14(15)19/h9-12H,5-8H2,1-4H3,(H,20,21). The van der Waals surface area contributed by atoms with E-state index in [9.17, 15) is 13.6 Å². The predicted octanol–water partition coefficient (Wildman–Crippen LogP) is 5.15. The molecule has 0 radical (unpaired) electrons. The molecule has 0 aliphatic heterocycles. The molecule has 0 aliphatic rings. The first-order valence-corrected chi connectivity index (χ1v) is 7.55. The Balaban J connectivity index is 2.71. The maximum Gasteiger partial charge on any atom is 0.230 e. The molecule has 118 valence electrons. The lowest BCUT2D eigenvalue weighted by molar-refractivity contribution is -0.126. The summed E-state index contributed by atoms with van der Waals surface area (Å²) in [6.45, 7) is 7.90. The highest BCUT2D eigenvalue weighted by molar-refractivity contribution is 5.95. The van der Waals surface area contributed by atoms with Gasteiger partial charge in [-0.05, 0) is 24.5 Å². The number of amides is 1. The summed E-state index contributed by atoms with van der Waals surface area (Å²) in [7, 11) is 0. The monoisotopic (exact) mass is 297 g/mol. The maximum atomic E-state index is 13.6. The van der Waals surface area contributed by atoms with E-state index < -0.39 is 17.0 Å². The van der Waals surface area contributed by atoms with Crippen LogP contribution in [0.5, 0.6) is 0 Å². The molecule has 0 aliphatic carbocycles. The first-order chi connectivity index (χ1) is 9.78. The van der Waals surface area contributed by atoms with Crippen LogP contribution in [0.1, 0.15) is 53.4 Å². The molecule has 1 aromatic carbocycles. The molecule has 1 atom stereocenters. The zero-order valence-corrected chi connectivity index (χ0v) is 13.3. The van der Waals surface area contributed by atoms with Gasteiger partial charge in [-0.1, -0.05) is 47.0 Å². The van der Waals surface area contributed by atoms with Crippen LogP contribution in [0.25, 0.3) is 0 Å². The van der Waals surface area contributed by atoms with Crippen LogP contribution in [-0.2, 0) is 4.79 Å². The summed E-state index contributed by atoms with van der Waals surface area (Å²) in [5.41, 5.74) is -0.579. The predicted molar refractivity (Wildman–Crippen MR) is 82.1 cm³/mol. The Hall–Kier alpha value is -1.45. The highest BCUT2D eigenvalue weighted by atomic mass is 19.1. The Morgan fingerprint density at radius 3 is 2.52 bits per heavy atom. The average Bonchev–Trinajstić information content (AvgIpc) is 2.41. The van der Waals surface area contributed by atoms with E-state index in [0.717, 1.165) is 37.8 Å². The van der Waals surface area contributed by atoms with E-state index in [4.69, 9.17) is 0 Å². The molecule has 1 N–H and O–H groups in total. The summed E-state index contributed by atoms with van der Waals surface area (Å²) in [5.74, 6) is -1.46. The Labute approximate surface area is 125 Å². The lowest BCUT2D eigenvalue weighted by Crippen LogP contribution is -2.36. The van der Waals surface area contributed by atoms with E-state index in [1.807, 2.05) is 20.8 Å². The summed E-state index contributed by atoms with van der Waals surface area (Å²) in [6, 6.07) is 3.16. The zero-order valence-electron chi connectivity index (χ0n) is 13.3. The first-order valence-electron chi connectivity index (χ1n) is 7.55. The normalized spacial score (nSPS) is 13.0. The van der Waals surface area contributed by atoms with E-state index in [1.54, 1.807) is 0 Å². The Kier molecular flexibility index (Phi) is 6.31. The molecule has 1 amide bonds. The summed E-state index contributed by atoms with van der Waals surface area (Å²) in [5, 5.41) is 2.57. The molecule has 0 saturated carbocycles. The lowest BCUT2D eigenvalue weighted by Gasteiger charge is -2.30. The fourth-order valence-electron chi connectivity index (χ4n) is 2.16. The molecular formula is C17H25F2NO. The first kappa shape index (κ1) is 17.6. The number of carbonyl (C=O) groups is 1. The van der Waals surface area contributed by atoms with Crippen LogP contribution in [-0.4, -0.2) is 5.91 Å². The van der Waals surface area contributed by atoms with Crippen LogP contribution in [0.3, 0.4) is 0 Å². The molecule has 1 aromatic rings. The molecule has 2 nitrogen and oxygen atoms in total.